The zero-order valence-corrected chi connectivity index (χ0v) is 35.6. The molecule has 2 unspecified atom stereocenters. The lowest BCUT2D eigenvalue weighted by molar-refractivity contribution is -0.118. The number of para-hydroxylation sites is 1. The Labute approximate surface area is 352 Å². The van der Waals surface area contributed by atoms with E-state index in [0.29, 0.717) is 16.5 Å². The second kappa shape index (κ2) is 19.2. The van der Waals surface area contributed by atoms with Crippen LogP contribution in [0.4, 0.5) is 5.95 Å². The lowest BCUT2D eigenvalue weighted by Gasteiger charge is -2.37. The Hall–Kier alpha value is -5.54. The number of anilines is 1. The second-order valence-corrected chi connectivity index (χ2v) is 16.6. The summed E-state index contributed by atoms with van der Waals surface area (Å²) < 4.78 is 50.8. The summed E-state index contributed by atoms with van der Waals surface area (Å²) in [5.41, 5.74) is 1.03. The van der Waals surface area contributed by atoms with Crippen LogP contribution in [0.3, 0.4) is 0 Å². The summed E-state index contributed by atoms with van der Waals surface area (Å²) in [6, 6.07) is 31.7. The van der Waals surface area contributed by atoms with Gasteiger partial charge in [-0.25, -0.2) is 4.98 Å². The quantitative estimate of drug-likeness (QED) is 0.0711. The zero-order valence-electron chi connectivity index (χ0n) is 33.9. The number of fused-ring (bicyclic) bond motifs is 1. The number of H-pyrrole nitrogens is 1. The molecule has 1 aliphatic rings. The van der Waals surface area contributed by atoms with Crippen LogP contribution >= 0.6 is 19.2 Å². The lowest BCUT2D eigenvalue weighted by atomic mass is 9.80. The number of methoxy groups -OCH3 is 2. The maximum Gasteiger partial charge on any atom is 0.327 e. The van der Waals surface area contributed by atoms with Crippen molar-refractivity contribution in [3.05, 3.63) is 142 Å². The van der Waals surface area contributed by atoms with Gasteiger partial charge in [-0.15, -0.1) is 0 Å². The van der Waals surface area contributed by atoms with E-state index in [2.05, 4.69) is 20.3 Å². The van der Waals surface area contributed by atoms with Gasteiger partial charge in [0.25, 0.3) is 5.56 Å². The molecule has 3 heterocycles. The monoisotopic (exact) mass is 859 g/mol. The first-order chi connectivity index (χ1) is 28.8. The summed E-state index contributed by atoms with van der Waals surface area (Å²) in [4.78, 5) is 36.7. The van der Waals surface area contributed by atoms with E-state index in [1.54, 1.807) is 56.9 Å². The maximum atomic E-state index is 13.2. The summed E-state index contributed by atoms with van der Waals surface area (Å²) in [6.07, 6.45) is -0.701. The van der Waals surface area contributed by atoms with E-state index in [9.17, 15) is 14.2 Å². The van der Waals surface area contributed by atoms with Crippen molar-refractivity contribution in [3.8, 4) is 17.2 Å². The number of halogens is 1. The number of benzene rings is 4. The molecule has 0 aliphatic carbocycles. The average molecular weight is 860 g/mol. The minimum Gasteiger partial charge on any atom is -0.506 e. The standard InChI is InChI=1S/C37H42N5O9P.C6H5ClO/c1-23(2)34(43)40-36-39-33-32(35(44)41-36)38-22-42(33)31-20-29(51-52(6,45)48-5)30(50-31)21-49-37(24-10-8-7-9-11-24,25-12-16-27(46-3)17-13-25)26-14-18-28(47-4)19-15-26;7-5-3-1-2-4-6(5)8/h7-19,22-23,29-31H,20-21H2,1-6H3,(H2,39,40,41,43,44);1-4,8H/t29-,30+,31?,52?;/m0./s1. The molecule has 7 rings (SSSR count). The molecule has 1 amide bonds. The number of rotatable bonds is 14. The third kappa shape index (κ3) is 9.90. The van der Waals surface area contributed by atoms with Gasteiger partial charge in [0.15, 0.2) is 11.2 Å². The Kier molecular flexibility index (Phi) is 14.1. The first-order valence-corrected chi connectivity index (χ1v) is 21.3. The van der Waals surface area contributed by atoms with Gasteiger partial charge >= 0.3 is 7.60 Å². The number of phenolic OH excluding ortho intramolecular Hbond substituents is 1. The largest absolute Gasteiger partial charge is 0.506 e. The SMILES string of the molecule is COc1ccc(C(OC[C@H]2OC(n3cnc4c(=O)[nH]c(NC(=O)C(C)C)nc43)C[C@@H]2OP(C)(=O)OC)(c2ccccc2)c2ccc(OC)cc2)cc1.Oc1ccccc1Cl. The molecule has 15 nitrogen and oxygen atoms in total. The molecule has 0 radical (unpaired) electrons. The Morgan fingerprint density at radius 2 is 1.53 bits per heavy atom. The molecule has 1 fully saturated rings. The van der Waals surface area contributed by atoms with Crippen LogP contribution in [0.2, 0.25) is 5.02 Å². The Bertz CT molecular complexity index is 2410. The molecule has 17 heteroatoms. The fourth-order valence-electron chi connectivity index (χ4n) is 6.61. The fraction of sp³-hybridized carbons (Fsp3) is 0.302. The summed E-state index contributed by atoms with van der Waals surface area (Å²) in [5.74, 6) is 0.821. The Balaban J connectivity index is 0.000000676. The topological polar surface area (TPSA) is 185 Å². The molecule has 0 bridgehead atoms. The van der Waals surface area contributed by atoms with Gasteiger partial charge in [-0.05, 0) is 53.1 Å². The number of imidazole rings is 1. The third-order valence-electron chi connectivity index (χ3n) is 9.84. The number of amides is 1. The minimum atomic E-state index is -3.52. The van der Waals surface area contributed by atoms with Crippen molar-refractivity contribution >= 4 is 42.2 Å². The van der Waals surface area contributed by atoms with Crippen molar-refractivity contribution in [2.75, 3.05) is 39.9 Å². The van der Waals surface area contributed by atoms with Gasteiger partial charge in [0.05, 0.1) is 38.3 Å². The summed E-state index contributed by atoms with van der Waals surface area (Å²) in [6.45, 7) is 4.81. The van der Waals surface area contributed by atoms with Crippen molar-refractivity contribution in [2.24, 2.45) is 5.92 Å². The number of carbonyl (C=O) groups excluding carboxylic acids is 1. The molecule has 0 spiro atoms. The predicted molar refractivity (Wildman–Crippen MR) is 227 cm³/mol. The highest BCUT2D eigenvalue weighted by atomic mass is 35.5. The van der Waals surface area contributed by atoms with Gasteiger partial charge in [0.1, 0.15) is 35.2 Å². The van der Waals surface area contributed by atoms with Gasteiger partial charge in [0.2, 0.25) is 11.9 Å². The van der Waals surface area contributed by atoms with E-state index in [1.165, 1.54) is 20.1 Å². The Morgan fingerprint density at radius 3 is 2.07 bits per heavy atom. The number of phenols is 1. The maximum absolute atomic E-state index is 13.2. The van der Waals surface area contributed by atoms with E-state index in [0.717, 1.165) is 16.7 Å². The fourth-order valence-corrected chi connectivity index (χ4v) is 7.55. The number of aromatic hydroxyl groups is 1. The van der Waals surface area contributed by atoms with Crippen LogP contribution in [0.15, 0.2) is 114 Å². The Morgan fingerprint density at radius 1 is 0.950 bits per heavy atom. The summed E-state index contributed by atoms with van der Waals surface area (Å²) >= 11 is 5.46. The van der Waals surface area contributed by atoms with Crippen LogP contribution in [0.1, 0.15) is 43.2 Å². The molecule has 60 heavy (non-hydrogen) atoms. The van der Waals surface area contributed by atoms with Gasteiger partial charge in [0, 0.05) is 26.1 Å². The smallest absolute Gasteiger partial charge is 0.327 e. The van der Waals surface area contributed by atoms with E-state index in [4.69, 9.17) is 44.7 Å². The number of carbonyl (C=O) groups is 1. The van der Waals surface area contributed by atoms with Crippen LogP contribution in [-0.2, 0) is 33.5 Å². The molecule has 2 aromatic heterocycles. The zero-order chi connectivity index (χ0) is 43.0. The van der Waals surface area contributed by atoms with Crippen molar-refractivity contribution in [1.29, 1.82) is 0 Å². The number of nitrogens with zero attached hydrogens (tertiary/aromatic N) is 3. The van der Waals surface area contributed by atoms with Gasteiger partial charge in [-0.3, -0.25) is 29.0 Å². The summed E-state index contributed by atoms with van der Waals surface area (Å²) in [5, 5.41) is 11.8. The molecule has 0 saturated carbocycles. The number of aromatic nitrogens is 4. The molecule has 6 aromatic rings. The molecule has 316 valence electrons. The van der Waals surface area contributed by atoms with Crippen molar-refractivity contribution < 1.29 is 42.5 Å². The number of hydrogen-bond donors (Lipinski definition) is 3. The van der Waals surface area contributed by atoms with E-state index >= 15 is 0 Å². The normalized spacial score (nSPS) is 17.4. The number of nitrogens with one attached hydrogen (secondary N) is 2. The third-order valence-corrected chi connectivity index (χ3v) is 11.5. The van der Waals surface area contributed by atoms with Crippen LogP contribution in [0.5, 0.6) is 17.2 Å². The van der Waals surface area contributed by atoms with E-state index in [-0.39, 0.29) is 47.7 Å². The average Bonchev–Trinajstić information content (AvgIpc) is 3.87. The molecule has 1 aliphatic heterocycles. The van der Waals surface area contributed by atoms with Gasteiger partial charge in [-0.1, -0.05) is 92.2 Å². The molecule has 3 N–H and O–H groups in total. The highest BCUT2D eigenvalue weighted by molar-refractivity contribution is 7.52. The van der Waals surface area contributed by atoms with Crippen LogP contribution < -0.4 is 20.3 Å². The first kappa shape index (κ1) is 44.0. The van der Waals surface area contributed by atoms with E-state index < -0.39 is 37.2 Å². The van der Waals surface area contributed by atoms with Crippen molar-refractivity contribution in [1.82, 2.24) is 19.5 Å². The number of ether oxygens (including phenoxy) is 4. The number of hydrogen-bond acceptors (Lipinski definition) is 12. The minimum absolute atomic E-state index is 0.0206. The highest BCUT2D eigenvalue weighted by Gasteiger charge is 2.45. The van der Waals surface area contributed by atoms with Crippen LogP contribution in [-0.4, -0.2) is 77.3 Å². The van der Waals surface area contributed by atoms with Gasteiger partial charge in [-0.2, -0.15) is 4.98 Å². The van der Waals surface area contributed by atoms with Crippen LogP contribution in [0.25, 0.3) is 11.2 Å². The second-order valence-electron chi connectivity index (χ2n) is 14.1. The molecular weight excluding hydrogens is 813 g/mol. The van der Waals surface area contributed by atoms with Crippen molar-refractivity contribution in [2.45, 2.75) is 44.3 Å². The molecular formula is C43H47ClN5O10P. The molecule has 4 aromatic carbocycles. The molecule has 1 saturated heterocycles. The number of aromatic amines is 1. The molecule has 4 atom stereocenters. The summed E-state index contributed by atoms with van der Waals surface area (Å²) in [7, 11) is 1.02. The lowest BCUT2D eigenvalue weighted by Crippen LogP contribution is -2.38. The van der Waals surface area contributed by atoms with Crippen LogP contribution in [0, 0.1) is 5.92 Å². The van der Waals surface area contributed by atoms with Gasteiger partial charge < -0.3 is 33.1 Å². The highest BCUT2D eigenvalue weighted by Crippen LogP contribution is 2.49. The predicted octanol–water partition coefficient (Wildman–Crippen LogP) is 7.93. The first-order valence-electron chi connectivity index (χ1n) is 18.9. The van der Waals surface area contributed by atoms with E-state index in [1.807, 2.05) is 78.9 Å². The van der Waals surface area contributed by atoms with Crippen molar-refractivity contribution in [3.63, 3.8) is 0 Å².